The Hall–Kier alpha value is -0.300. The molecule has 0 fully saturated rings. The summed E-state index contributed by atoms with van der Waals surface area (Å²) < 4.78 is 0. The third-order valence-corrected chi connectivity index (χ3v) is 3.15. The van der Waals surface area contributed by atoms with Crippen molar-refractivity contribution in [3.8, 4) is 0 Å². The predicted octanol–water partition coefficient (Wildman–Crippen LogP) is 3.22. The lowest BCUT2D eigenvalue weighted by Gasteiger charge is -2.39. The molecule has 1 heteroatoms. The highest BCUT2D eigenvalue weighted by Gasteiger charge is 2.32. The Morgan fingerprint density at radius 2 is 1.62 bits per heavy atom. The standard InChI is InChI=1S/C12H25N/c1-10(9-13-7)8-12(5,6)11(2,3)4/h13H,1,8-9H2,2-7H3. The highest BCUT2D eigenvalue weighted by molar-refractivity contribution is 5.02. The smallest absolute Gasteiger partial charge is 0.0159 e. The predicted molar refractivity (Wildman–Crippen MR) is 60.9 cm³/mol. The van der Waals surface area contributed by atoms with E-state index in [9.17, 15) is 0 Å². The highest BCUT2D eigenvalue weighted by atomic mass is 14.8. The van der Waals surface area contributed by atoms with Gasteiger partial charge in [-0.25, -0.2) is 0 Å². The van der Waals surface area contributed by atoms with Gasteiger partial charge in [-0.1, -0.05) is 46.8 Å². The van der Waals surface area contributed by atoms with Gasteiger partial charge in [-0.15, -0.1) is 0 Å². The van der Waals surface area contributed by atoms with Crippen molar-refractivity contribution in [2.75, 3.05) is 13.6 Å². The molecule has 0 atom stereocenters. The first-order chi connectivity index (χ1) is 5.70. The van der Waals surface area contributed by atoms with E-state index in [-0.39, 0.29) is 0 Å². The largest absolute Gasteiger partial charge is 0.316 e. The maximum Gasteiger partial charge on any atom is 0.0159 e. The van der Waals surface area contributed by atoms with E-state index in [0.717, 1.165) is 13.0 Å². The van der Waals surface area contributed by atoms with Crippen molar-refractivity contribution >= 4 is 0 Å². The Morgan fingerprint density at radius 1 is 1.15 bits per heavy atom. The minimum absolute atomic E-state index is 0.320. The molecule has 78 valence electrons. The fraction of sp³-hybridized carbons (Fsp3) is 0.833. The van der Waals surface area contributed by atoms with Gasteiger partial charge in [-0.3, -0.25) is 0 Å². The molecular formula is C12H25N. The SMILES string of the molecule is C=C(CNC)CC(C)(C)C(C)(C)C. The van der Waals surface area contributed by atoms with Crippen molar-refractivity contribution in [2.45, 2.75) is 41.0 Å². The van der Waals surface area contributed by atoms with Gasteiger partial charge in [-0.2, -0.15) is 0 Å². The summed E-state index contributed by atoms with van der Waals surface area (Å²) in [5.41, 5.74) is 1.95. The third kappa shape index (κ3) is 3.95. The topological polar surface area (TPSA) is 12.0 Å². The van der Waals surface area contributed by atoms with Crippen LogP contribution in [0.25, 0.3) is 0 Å². The molecule has 13 heavy (non-hydrogen) atoms. The van der Waals surface area contributed by atoms with Crippen LogP contribution in [0.5, 0.6) is 0 Å². The van der Waals surface area contributed by atoms with Crippen LogP contribution in [0.15, 0.2) is 12.2 Å². The van der Waals surface area contributed by atoms with Crippen LogP contribution in [0.4, 0.5) is 0 Å². The zero-order chi connectivity index (χ0) is 10.7. The molecule has 0 aromatic heterocycles. The minimum Gasteiger partial charge on any atom is -0.316 e. The molecule has 0 unspecified atom stereocenters. The Kier molecular flexibility index (Phi) is 4.18. The zero-order valence-corrected chi connectivity index (χ0v) is 10.1. The summed E-state index contributed by atoms with van der Waals surface area (Å²) >= 11 is 0. The summed E-state index contributed by atoms with van der Waals surface area (Å²) in [6, 6.07) is 0. The van der Waals surface area contributed by atoms with E-state index < -0.39 is 0 Å². The second-order valence-corrected chi connectivity index (χ2v) is 5.59. The fourth-order valence-electron chi connectivity index (χ4n) is 1.20. The zero-order valence-electron chi connectivity index (χ0n) is 10.1. The van der Waals surface area contributed by atoms with Crippen molar-refractivity contribution in [1.29, 1.82) is 0 Å². The summed E-state index contributed by atoms with van der Waals surface area (Å²) in [4.78, 5) is 0. The van der Waals surface area contributed by atoms with E-state index in [2.05, 4.69) is 46.5 Å². The van der Waals surface area contributed by atoms with E-state index in [1.165, 1.54) is 5.57 Å². The number of nitrogens with one attached hydrogen (secondary N) is 1. The van der Waals surface area contributed by atoms with Crippen LogP contribution in [-0.4, -0.2) is 13.6 Å². The van der Waals surface area contributed by atoms with Crippen molar-refractivity contribution in [3.05, 3.63) is 12.2 Å². The van der Waals surface area contributed by atoms with Gasteiger partial charge in [0.15, 0.2) is 0 Å². The molecule has 0 aliphatic rings. The number of hydrogen-bond donors (Lipinski definition) is 1. The van der Waals surface area contributed by atoms with Gasteiger partial charge in [0.25, 0.3) is 0 Å². The van der Waals surface area contributed by atoms with E-state index in [1.807, 2.05) is 7.05 Å². The van der Waals surface area contributed by atoms with Crippen molar-refractivity contribution < 1.29 is 0 Å². The lowest BCUT2D eigenvalue weighted by atomic mass is 9.66. The first-order valence-corrected chi connectivity index (χ1v) is 5.02. The van der Waals surface area contributed by atoms with E-state index >= 15 is 0 Å². The Morgan fingerprint density at radius 3 is 1.92 bits per heavy atom. The Bertz CT molecular complexity index is 172. The molecule has 0 aromatic carbocycles. The summed E-state index contributed by atoms with van der Waals surface area (Å²) in [5.74, 6) is 0. The number of likely N-dealkylation sites (N-methyl/N-ethyl adjacent to an activating group) is 1. The van der Waals surface area contributed by atoms with Gasteiger partial charge in [0.05, 0.1) is 0 Å². The lowest BCUT2D eigenvalue weighted by molar-refractivity contribution is 0.131. The molecule has 0 saturated carbocycles. The van der Waals surface area contributed by atoms with E-state index in [0.29, 0.717) is 10.8 Å². The van der Waals surface area contributed by atoms with Gasteiger partial charge >= 0.3 is 0 Å². The minimum atomic E-state index is 0.320. The molecule has 0 aliphatic carbocycles. The Labute approximate surface area is 83.6 Å². The number of hydrogen-bond acceptors (Lipinski definition) is 1. The first-order valence-electron chi connectivity index (χ1n) is 5.02. The van der Waals surface area contributed by atoms with Gasteiger partial charge in [0, 0.05) is 6.54 Å². The van der Waals surface area contributed by atoms with Crippen LogP contribution in [-0.2, 0) is 0 Å². The molecule has 1 N–H and O–H groups in total. The second-order valence-electron chi connectivity index (χ2n) is 5.59. The fourth-order valence-corrected chi connectivity index (χ4v) is 1.20. The normalized spacial score (nSPS) is 13.1. The quantitative estimate of drug-likeness (QED) is 0.660. The molecular weight excluding hydrogens is 158 g/mol. The van der Waals surface area contributed by atoms with Gasteiger partial charge < -0.3 is 5.32 Å². The van der Waals surface area contributed by atoms with Gasteiger partial charge in [0.1, 0.15) is 0 Å². The first kappa shape index (κ1) is 12.7. The molecule has 0 heterocycles. The van der Waals surface area contributed by atoms with Crippen LogP contribution in [0.1, 0.15) is 41.0 Å². The molecule has 1 nitrogen and oxygen atoms in total. The molecule has 0 saturated heterocycles. The van der Waals surface area contributed by atoms with Crippen LogP contribution in [0, 0.1) is 10.8 Å². The third-order valence-electron chi connectivity index (χ3n) is 3.15. The van der Waals surface area contributed by atoms with Crippen LogP contribution in [0.2, 0.25) is 0 Å². The average Bonchev–Trinajstić information content (AvgIpc) is 1.83. The summed E-state index contributed by atoms with van der Waals surface area (Å²) in [7, 11) is 1.97. The monoisotopic (exact) mass is 183 g/mol. The molecule has 0 amide bonds. The average molecular weight is 183 g/mol. The maximum atomic E-state index is 4.08. The maximum absolute atomic E-state index is 4.08. The molecule has 0 radical (unpaired) electrons. The van der Waals surface area contributed by atoms with Crippen molar-refractivity contribution in [2.24, 2.45) is 10.8 Å². The van der Waals surface area contributed by atoms with Crippen molar-refractivity contribution in [1.82, 2.24) is 5.32 Å². The Balaban J connectivity index is 4.26. The van der Waals surface area contributed by atoms with E-state index in [4.69, 9.17) is 0 Å². The van der Waals surface area contributed by atoms with Gasteiger partial charge in [-0.05, 0) is 24.3 Å². The van der Waals surface area contributed by atoms with Gasteiger partial charge in [0.2, 0.25) is 0 Å². The van der Waals surface area contributed by atoms with Crippen LogP contribution in [0.3, 0.4) is 0 Å². The summed E-state index contributed by atoms with van der Waals surface area (Å²) in [6.07, 6.45) is 1.09. The molecule has 0 spiro atoms. The molecule has 0 aromatic rings. The van der Waals surface area contributed by atoms with Crippen LogP contribution >= 0.6 is 0 Å². The molecule has 0 rings (SSSR count). The molecule has 0 bridgehead atoms. The second kappa shape index (κ2) is 4.28. The van der Waals surface area contributed by atoms with Crippen molar-refractivity contribution in [3.63, 3.8) is 0 Å². The highest BCUT2D eigenvalue weighted by Crippen LogP contribution is 2.42. The molecule has 0 aliphatic heterocycles. The lowest BCUT2D eigenvalue weighted by Crippen LogP contribution is -2.31. The summed E-state index contributed by atoms with van der Waals surface area (Å²) in [5, 5.41) is 3.14. The van der Waals surface area contributed by atoms with Crippen LogP contribution < -0.4 is 5.32 Å². The van der Waals surface area contributed by atoms with E-state index in [1.54, 1.807) is 0 Å². The summed E-state index contributed by atoms with van der Waals surface area (Å²) in [6.45, 7) is 16.5. The number of rotatable bonds is 4.